The van der Waals surface area contributed by atoms with E-state index in [0.717, 1.165) is 13.1 Å². The van der Waals surface area contributed by atoms with E-state index in [4.69, 9.17) is 4.74 Å². The molecule has 0 radical (unpaired) electrons. The summed E-state index contributed by atoms with van der Waals surface area (Å²) in [6.07, 6.45) is 4.47. The van der Waals surface area contributed by atoms with E-state index in [1.54, 1.807) is 0 Å². The van der Waals surface area contributed by atoms with Gasteiger partial charge in [-0.3, -0.25) is 0 Å². The fourth-order valence-electron chi connectivity index (χ4n) is 2.15. The lowest BCUT2D eigenvalue weighted by Crippen LogP contribution is -2.31. The van der Waals surface area contributed by atoms with Gasteiger partial charge in [-0.25, -0.2) is 0 Å². The third kappa shape index (κ3) is 4.11. The Bertz CT molecular complexity index is 332. The molecule has 1 saturated carbocycles. The van der Waals surface area contributed by atoms with E-state index in [1.807, 2.05) is 0 Å². The third-order valence-corrected chi connectivity index (χ3v) is 3.46. The van der Waals surface area contributed by atoms with Crippen molar-refractivity contribution >= 4 is 0 Å². The molecule has 1 aliphatic rings. The number of hydrogen-bond donors (Lipinski definition) is 1. The van der Waals surface area contributed by atoms with E-state index in [1.165, 1.54) is 24.8 Å². The van der Waals surface area contributed by atoms with Crippen LogP contribution >= 0.6 is 0 Å². The highest BCUT2D eigenvalue weighted by Crippen LogP contribution is 2.28. The first-order valence-corrected chi connectivity index (χ1v) is 7.17. The monoisotopic (exact) mass is 247 g/mol. The molecule has 2 rings (SSSR count). The Kier molecular flexibility index (Phi) is 5.21. The SMILES string of the molecule is CC(C)CNCC(OC1CCC1)c1ccccc1. The molecule has 1 aromatic rings. The van der Waals surface area contributed by atoms with Gasteiger partial charge in [0.25, 0.3) is 0 Å². The zero-order valence-corrected chi connectivity index (χ0v) is 11.6. The second kappa shape index (κ2) is 6.91. The highest BCUT2D eigenvalue weighted by atomic mass is 16.5. The molecule has 0 aliphatic heterocycles. The van der Waals surface area contributed by atoms with Gasteiger partial charge in [0, 0.05) is 6.54 Å². The highest BCUT2D eigenvalue weighted by molar-refractivity contribution is 5.18. The summed E-state index contributed by atoms with van der Waals surface area (Å²) < 4.78 is 6.19. The molecule has 0 amide bonds. The number of rotatable bonds is 7. The van der Waals surface area contributed by atoms with Crippen molar-refractivity contribution in [2.24, 2.45) is 5.92 Å². The van der Waals surface area contributed by atoms with Gasteiger partial charge in [0.2, 0.25) is 0 Å². The quantitative estimate of drug-likeness (QED) is 0.795. The highest BCUT2D eigenvalue weighted by Gasteiger charge is 2.23. The Morgan fingerprint density at radius 2 is 1.89 bits per heavy atom. The molecule has 0 aromatic heterocycles. The zero-order valence-electron chi connectivity index (χ0n) is 11.6. The number of hydrogen-bond acceptors (Lipinski definition) is 2. The lowest BCUT2D eigenvalue weighted by molar-refractivity contribution is -0.0520. The Morgan fingerprint density at radius 1 is 1.17 bits per heavy atom. The van der Waals surface area contributed by atoms with E-state index in [0.29, 0.717) is 12.0 Å². The summed E-state index contributed by atoms with van der Waals surface area (Å²) in [6, 6.07) is 10.6. The van der Waals surface area contributed by atoms with Crippen molar-refractivity contribution in [1.82, 2.24) is 5.32 Å². The number of ether oxygens (including phenoxy) is 1. The maximum absolute atomic E-state index is 6.19. The van der Waals surface area contributed by atoms with Crippen LogP contribution in [0.25, 0.3) is 0 Å². The average Bonchev–Trinajstić information content (AvgIpc) is 2.32. The van der Waals surface area contributed by atoms with Crippen molar-refractivity contribution < 1.29 is 4.74 Å². The second-order valence-electron chi connectivity index (χ2n) is 5.64. The molecule has 2 heteroatoms. The van der Waals surface area contributed by atoms with E-state index >= 15 is 0 Å². The number of benzene rings is 1. The molecule has 2 nitrogen and oxygen atoms in total. The van der Waals surface area contributed by atoms with Crippen molar-refractivity contribution in [1.29, 1.82) is 0 Å². The van der Waals surface area contributed by atoms with Crippen LogP contribution in [-0.4, -0.2) is 19.2 Å². The molecule has 1 fully saturated rings. The molecule has 100 valence electrons. The average molecular weight is 247 g/mol. The summed E-state index contributed by atoms with van der Waals surface area (Å²) in [5, 5.41) is 3.51. The minimum atomic E-state index is 0.204. The summed E-state index contributed by atoms with van der Waals surface area (Å²) in [6.45, 7) is 6.44. The minimum Gasteiger partial charge on any atom is -0.369 e. The summed E-state index contributed by atoms with van der Waals surface area (Å²) in [5.41, 5.74) is 1.29. The maximum Gasteiger partial charge on any atom is 0.0952 e. The number of nitrogens with one attached hydrogen (secondary N) is 1. The molecular weight excluding hydrogens is 222 g/mol. The Morgan fingerprint density at radius 3 is 2.44 bits per heavy atom. The molecule has 0 heterocycles. The van der Waals surface area contributed by atoms with Gasteiger partial charge >= 0.3 is 0 Å². The predicted molar refractivity (Wildman–Crippen MR) is 75.6 cm³/mol. The normalized spacial score (nSPS) is 17.7. The van der Waals surface area contributed by atoms with Crippen molar-refractivity contribution in [3.8, 4) is 0 Å². The van der Waals surface area contributed by atoms with Gasteiger partial charge in [-0.2, -0.15) is 0 Å². The first kappa shape index (κ1) is 13.6. The second-order valence-corrected chi connectivity index (χ2v) is 5.64. The van der Waals surface area contributed by atoms with E-state index in [2.05, 4.69) is 49.5 Å². The molecule has 18 heavy (non-hydrogen) atoms. The van der Waals surface area contributed by atoms with Crippen LogP contribution in [0.4, 0.5) is 0 Å². The van der Waals surface area contributed by atoms with Crippen molar-refractivity contribution in [3.63, 3.8) is 0 Å². The standard InChI is InChI=1S/C16H25NO/c1-13(2)11-17-12-16(18-15-9-6-10-15)14-7-4-3-5-8-14/h3-5,7-8,13,15-17H,6,9-12H2,1-2H3. The lowest BCUT2D eigenvalue weighted by atomic mass is 9.95. The molecule has 0 spiro atoms. The van der Waals surface area contributed by atoms with E-state index in [9.17, 15) is 0 Å². The van der Waals surface area contributed by atoms with Crippen LogP contribution in [0.5, 0.6) is 0 Å². The molecule has 1 unspecified atom stereocenters. The summed E-state index contributed by atoms with van der Waals surface area (Å²) >= 11 is 0. The van der Waals surface area contributed by atoms with Crippen molar-refractivity contribution in [2.45, 2.75) is 45.3 Å². The molecule has 0 bridgehead atoms. The van der Waals surface area contributed by atoms with Crippen molar-refractivity contribution in [3.05, 3.63) is 35.9 Å². The zero-order chi connectivity index (χ0) is 12.8. The largest absolute Gasteiger partial charge is 0.369 e. The Labute approximate surface area is 111 Å². The molecular formula is C16H25NO. The molecule has 1 atom stereocenters. The van der Waals surface area contributed by atoms with Gasteiger partial charge in [0.15, 0.2) is 0 Å². The van der Waals surface area contributed by atoms with Crippen LogP contribution in [0.3, 0.4) is 0 Å². The molecule has 1 aromatic carbocycles. The first-order chi connectivity index (χ1) is 8.75. The molecule has 1 aliphatic carbocycles. The fraction of sp³-hybridized carbons (Fsp3) is 0.625. The minimum absolute atomic E-state index is 0.204. The summed E-state index contributed by atoms with van der Waals surface area (Å²) in [4.78, 5) is 0. The van der Waals surface area contributed by atoms with Gasteiger partial charge in [0.1, 0.15) is 0 Å². The van der Waals surface area contributed by atoms with Gasteiger partial charge in [-0.15, -0.1) is 0 Å². The lowest BCUT2D eigenvalue weighted by Gasteiger charge is -2.31. The van der Waals surface area contributed by atoms with Gasteiger partial charge in [-0.1, -0.05) is 44.2 Å². The van der Waals surface area contributed by atoms with Gasteiger partial charge in [0.05, 0.1) is 12.2 Å². The molecule has 0 saturated heterocycles. The van der Waals surface area contributed by atoms with E-state index in [-0.39, 0.29) is 6.10 Å². The first-order valence-electron chi connectivity index (χ1n) is 7.17. The van der Waals surface area contributed by atoms with Crippen LogP contribution in [0.15, 0.2) is 30.3 Å². The smallest absolute Gasteiger partial charge is 0.0952 e. The van der Waals surface area contributed by atoms with Crippen LogP contribution in [-0.2, 0) is 4.74 Å². The third-order valence-electron chi connectivity index (χ3n) is 3.46. The van der Waals surface area contributed by atoms with Gasteiger partial charge < -0.3 is 10.1 Å². The molecule has 1 N–H and O–H groups in total. The van der Waals surface area contributed by atoms with Crippen LogP contribution in [0.2, 0.25) is 0 Å². The van der Waals surface area contributed by atoms with Crippen LogP contribution < -0.4 is 5.32 Å². The Hall–Kier alpha value is -0.860. The maximum atomic E-state index is 6.19. The van der Waals surface area contributed by atoms with Gasteiger partial charge in [-0.05, 0) is 37.3 Å². The Balaban J connectivity index is 1.89. The fourth-order valence-corrected chi connectivity index (χ4v) is 2.15. The van der Waals surface area contributed by atoms with E-state index < -0.39 is 0 Å². The van der Waals surface area contributed by atoms with Crippen LogP contribution in [0, 0.1) is 5.92 Å². The topological polar surface area (TPSA) is 21.3 Å². The summed E-state index contributed by atoms with van der Waals surface area (Å²) in [7, 11) is 0. The van der Waals surface area contributed by atoms with Crippen LogP contribution in [0.1, 0.15) is 44.8 Å². The predicted octanol–water partition coefficient (Wildman–Crippen LogP) is 3.54. The summed E-state index contributed by atoms with van der Waals surface area (Å²) in [5.74, 6) is 0.685. The van der Waals surface area contributed by atoms with Crippen molar-refractivity contribution in [2.75, 3.05) is 13.1 Å².